The maximum absolute atomic E-state index is 2.61. The lowest BCUT2D eigenvalue weighted by Crippen LogP contribution is -2.12. The Morgan fingerprint density at radius 3 is 1.91 bits per heavy atom. The molecular formula is C9H18I2. The Bertz CT molecular complexity index is 83.6. The first-order chi connectivity index (χ1) is 5.22. The lowest BCUT2D eigenvalue weighted by atomic mass is 10.1. The molecule has 68 valence electrons. The van der Waals surface area contributed by atoms with E-state index < -0.39 is 0 Å². The second-order valence-electron chi connectivity index (χ2n) is 2.96. The average molecular weight is 380 g/mol. The highest BCUT2D eigenvalue weighted by atomic mass is 127. The Kier molecular flexibility index (Phi) is 9.15. The van der Waals surface area contributed by atoms with Gasteiger partial charge < -0.3 is 0 Å². The smallest absolute Gasteiger partial charge is 0.0227 e. The molecule has 0 heterocycles. The molecule has 0 aromatic heterocycles. The van der Waals surface area contributed by atoms with E-state index in [-0.39, 0.29) is 0 Å². The number of alkyl halides is 2. The van der Waals surface area contributed by atoms with Crippen LogP contribution in [0.25, 0.3) is 0 Å². The van der Waals surface area contributed by atoms with Gasteiger partial charge in [-0.25, -0.2) is 0 Å². The van der Waals surface area contributed by atoms with Gasteiger partial charge in [0.05, 0.1) is 0 Å². The summed E-state index contributed by atoms with van der Waals surface area (Å²) in [7, 11) is 0. The second kappa shape index (κ2) is 8.08. The Hall–Kier alpha value is 1.46. The molecule has 0 rings (SSSR count). The quantitative estimate of drug-likeness (QED) is 0.468. The number of hydrogen-bond donors (Lipinski definition) is 0. The van der Waals surface area contributed by atoms with Crippen LogP contribution in [0.15, 0.2) is 0 Å². The lowest BCUT2D eigenvalue weighted by molar-refractivity contribution is 0.655. The molecule has 2 atom stereocenters. The molecular weight excluding hydrogens is 362 g/mol. The van der Waals surface area contributed by atoms with Crippen LogP contribution in [0.4, 0.5) is 0 Å². The molecule has 0 aromatic carbocycles. The van der Waals surface area contributed by atoms with Crippen LogP contribution >= 0.6 is 45.2 Å². The zero-order valence-corrected chi connectivity index (χ0v) is 11.8. The van der Waals surface area contributed by atoms with Gasteiger partial charge in [-0.1, -0.05) is 78.3 Å². The number of hydrogen-bond acceptors (Lipinski definition) is 0. The normalized spacial score (nSPS) is 16.4. The Labute approximate surface area is 98.2 Å². The Balaban J connectivity index is 3.38. The zero-order valence-electron chi connectivity index (χ0n) is 7.45. The maximum atomic E-state index is 2.61. The molecule has 0 nitrogen and oxygen atoms in total. The van der Waals surface area contributed by atoms with Crippen molar-refractivity contribution in [2.75, 3.05) is 0 Å². The van der Waals surface area contributed by atoms with Crippen LogP contribution in [0.5, 0.6) is 0 Å². The monoisotopic (exact) mass is 380 g/mol. The molecule has 0 aliphatic rings. The molecule has 11 heavy (non-hydrogen) atoms. The first-order valence-electron chi connectivity index (χ1n) is 4.50. The van der Waals surface area contributed by atoms with E-state index in [1.54, 1.807) is 0 Å². The van der Waals surface area contributed by atoms with Crippen molar-refractivity contribution in [2.24, 2.45) is 0 Å². The molecule has 0 aromatic rings. The number of unbranched alkanes of at least 4 members (excludes halogenated alkanes) is 1. The fraction of sp³-hybridized carbons (Fsp3) is 1.00. The molecule has 0 amide bonds. The first kappa shape index (κ1) is 12.5. The van der Waals surface area contributed by atoms with Crippen LogP contribution < -0.4 is 0 Å². The predicted octanol–water partition coefficient (Wildman–Crippen LogP) is 4.58. The summed E-state index contributed by atoms with van der Waals surface area (Å²) in [6.07, 6.45) is 6.87. The van der Waals surface area contributed by atoms with Gasteiger partial charge in [0.15, 0.2) is 0 Å². The average Bonchev–Trinajstić information content (AvgIpc) is 2.00. The van der Waals surface area contributed by atoms with E-state index in [4.69, 9.17) is 0 Å². The summed E-state index contributed by atoms with van der Waals surface area (Å²) >= 11 is 5.21. The van der Waals surface area contributed by atoms with Crippen molar-refractivity contribution >= 4 is 45.2 Å². The van der Waals surface area contributed by atoms with Gasteiger partial charge in [-0.15, -0.1) is 0 Å². The maximum Gasteiger partial charge on any atom is 0.0227 e. The number of rotatable bonds is 6. The molecule has 2 unspecified atom stereocenters. The van der Waals surface area contributed by atoms with E-state index in [1.807, 2.05) is 0 Å². The van der Waals surface area contributed by atoms with Gasteiger partial charge >= 0.3 is 0 Å². The van der Waals surface area contributed by atoms with Crippen molar-refractivity contribution in [2.45, 2.75) is 53.8 Å². The summed E-state index contributed by atoms with van der Waals surface area (Å²) in [4.78, 5) is 0. The molecule has 0 bridgehead atoms. The predicted molar refractivity (Wildman–Crippen MR) is 70.0 cm³/mol. The van der Waals surface area contributed by atoms with E-state index in [2.05, 4.69) is 59.0 Å². The Morgan fingerprint density at radius 1 is 0.909 bits per heavy atom. The van der Waals surface area contributed by atoms with E-state index >= 15 is 0 Å². The third-order valence-corrected chi connectivity index (χ3v) is 6.15. The molecule has 0 aliphatic carbocycles. The van der Waals surface area contributed by atoms with Gasteiger partial charge in [-0.05, 0) is 12.8 Å². The van der Waals surface area contributed by atoms with Crippen LogP contribution in [-0.4, -0.2) is 7.85 Å². The minimum Gasteiger partial charge on any atom is -0.0815 e. The largest absolute Gasteiger partial charge is 0.0815 e. The minimum atomic E-state index is 0.893. The molecule has 0 saturated heterocycles. The van der Waals surface area contributed by atoms with E-state index in [1.165, 1.54) is 32.1 Å². The fourth-order valence-electron chi connectivity index (χ4n) is 1.04. The highest BCUT2D eigenvalue weighted by molar-refractivity contribution is 14.1. The van der Waals surface area contributed by atoms with E-state index in [0.29, 0.717) is 0 Å². The van der Waals surface area contributed by atoms with E-state index in [0.717, 1.165) is 7.85 Å². The molecule has 0 spiro atoms. The summed E-state index contributed by atoms with van der Waals surface area (Å²) in [5.41, 5.74) is 0. The summed E-state index contributed by atoms with van der Waals surface area (Å²) in [5, 5.41) is 0. The standard InChI is InChI=1S/C9H18I2/c1-3-5-7-9(11)8(10)6-4-2/h8-9H,3-7H2,1-2H3. The number of halogens is 2. The van der Waals surface area contributed by atoms with Gasteiger partial charge in [-0.3, -0.25) is 0 Å². The van der Waals surface area contributed by atoms with E-state index in [9.17, 15) is 0 Å². The van der Waals surface area contributed by atoms with Gasteiger partial charge in [0.2, 0.25) is 0 Å². The molecule has 0 fully saturated rings. The van der Waals surface area contributed by atoms with Crippen molar-refractivity contribution in [3.05, 3.63) is 0 Å². The summed E-state index contributed by atoms with van der Waals surface area (Å²) in [5.74, 6) is 0. The van der Waals surface area contributed by atoms with Crippen LogP contribution in [-0.2, 0) is 0 Å². The topological polar surface area (TPSA) is 0 Å². The third kappa shape index (κ3) is 6.61. The zero-order chi connectivity index (χ0) is 8.69. The van der Waals surface area contributed by atoms with Gasteiger partial charge in [-0.2, -0.15) is 0 Å². The van der Waals surface area contributed by atoms with Gasteiger partial charge in [0.25, 0.3) is 0 Å². The van der Waals surface area contributed by atoms with Crippen LogP contribution in [0.3, 0.4) is 0 Å². The Morgan fingerprint density at radius 2 is 1.45 bits per heavy atom. The summed E-state index contributed by atoms with van der Waals surface area (Å²) in [6, 6.07) is 0. The van der Waals surface area contributed by atoms with Crippen molar-refractivity contribution < 1.29 is 0 Å². The molecule has 0 radical (unpaired) electrons. The molecule has 0 aliphatic heterocycles. The molecule has 0 saturated carbocycles. The highest BCUT2D eigenvalue weighted by Crippen LogP contribution is 2.24. The minimum absolute atomic E-state index is 0.893. The third-order valence-electron chi connectivity index (χ3n) is 1.79. The van der Waals surface area contributed by atoms with Crippen molar-refractivity contribution in [1.29, 1.82) is 0 Å². The van der Waals surface area contributed by atoms with Crippen molar-refractivity contribution in [1.82, 2.24) is 0 Å². The first-order valence-corrected chi connectivity index (χ1v) is 6.99. The van der Waals surface area contributed by atoms with Gasteiger partial charge in [0.1, 0.15) is 0 Å². The summed E-state index contributed by atoms with van der Waals surface area (Å²) < 4.78 is 1.79. The lowest BCUT2D eigenvalue weighted by Gasteiger charge is -2.15. The van der Waals surface area contributed by atoms with Crippen molar-refractivity contribution in [3.8, 4) is 0 Å². The second-order valence-corrected chi connectivity index (χ2v) is 6.16. The molecule has 2 heteroatoms. The van der Waals surface area contributed by atoms with Gasteiger partial charge in [0, 0.05) is 7.85 Å². The van der Waals surface area contributed by atoms with Crippen LogP contribution in [0.2, 0.25) is 0 Å². The van der Waals surface area contributed by atoms with Crippen LogP contribution in [0.1, 0.15) is 46.0 Å². The van der Waals surface area contributed by atoms with Crippen molar-refractivity contribution in [3.63, 3.8) is 0 Å². The SMILES string of the molecule is CCCCC(I)C(I)CCC. The molecule has 0 N–H and O–H groups in total. The summed E-state index contributed by atoms with van der Waals surface area (Å²) in [6.45, 7) is 4.54. The highest BCUT2D eigenvalue weighted by Gasteiger charge is 2.13. The van der Waals surface area contributed by atoms with Crippen LogP contribution in [0, 0.1) is 0 Å². The fourth-order valence-corrected chi connectivity index (χ4v) is 2.82.